The number of urea groups is 1. The Bertz CT molecular complexity index is 514. The molecule has 2 aliphatic rings. The molecule has 1 aromatic rings. The molecule has 0 radical (unpaired) electrons. The Hall–Kier alpha value is -1.55. The Morgan fingerprint density at radius 3 is 2.81 bits per heavy atom. The zero-order valence-electron chi connectivity index (χ0n) is 12.6. The molecule has 4 heteroatoms. The van der Waals surface area contributed by atoms with E-state index in [1.165, 1.54) is 12.0 Å². The Labute approximate surface area is 126 Å². The quantitative estimate of drug-likeness (QED) is 0.834. The first-order chi connectivity index (χ1) is 10.1. The number of hydrogen-bond donors (Lipinski definition) is 2. The number of piperidine rings is 1. The van der Waals surface area contributed by atoms with Gasteiger partial charge in [0.15, 0.2) is 0 Å². The predicted molar refractivity (Wildman–Crippen MR) is 83.3 cm³/mol. The molecule has 1 aliphatic heterocycles. The van der Waals surface area contributed by atoms with Crippen molar-refractivity contribution in [3.05, 3.63) is 29.8 Å². The van der Waals surface area contributed by atoms with E-state index in [2.05, 4.69) is 5.32 Å². The molecule has 4 nitrogen and oxygen atoms in total. The summed E-state index contributed by atoms with van der Waals surface area (Å²) >= 11 is 0. The third kappa shape index (κ3) is 3.05. The van der Waals surface area contributed by atoms with Crippen LogP contribution in [-0.4, -0.2) is 34.7 Å². The Morgan fingerprint density at radius 1 is 1.29 bits per heavy atom. The molecular formula is C17H24N2O2. The molecule has 0 aromatic heterocycles. The highest BCUT2D eigenvalue weighted by molar-refractivity contribution is 5.89. The van der Waals surface area contributed by atoms with Gasteiger partial charge in [-0.1, -0.05) is 30.5 Å². The van der Waals surface area contributed by atoms with E-state index in [4.69, 9.17) is 0 Å². The highest BCUT2D eigenvalue weighted by Gasteiger charge is 2.43. The summed E-state index contributed by atoms with van der Waals surface area (Å²) in [6.45, 7) is 3.35. The number of aryl methyl sites for hydroxylation is 1. The molecule has 2 unspecified atom stereocenters. The molecule has 2 amide bonds. The van der Waals surface area contributed by atoms with Gasteiger partial charge in [-0.3, -0.25) is 0 Å². The minimum atomic E-state index is -0.529. The van der Waals surface area contributed by atoms with Crippen LogP contribution in [0.15, 0.2) is 24.3 Å². The predicted octanol–water partition coefficient (Wildman–Crippen LogP) is 3.15. The minimum absolute atomic E-state index is 0.0496. The van der Waals surface area contributed by atoms with E-state index in [0.29, 0.717) is 19.5 Å². The summed E-state index contributed by atoms with van der Waals surface area (Å²) in [5.74, 6) is 0.240. The fourth-order valence-electron chi connectivity index (χ4n) is 3.59. The van der Waals surface area contributed by atoms with E-state index in [1.54, 1.807) is 0 Å². The number of amides is 2. The van der Waals surface area contributed by atoms with Crippen molar-refractivity contribution in [1.29, 1.82) is 0 Å². The van der Waals surface area contributed by atoms with Crippen molar-refractivity contribution in [3.8, 4) is 0 Å². The van der Waals surface area contributed by atoms with Gasteiger partial charge < -0.3 is 15.3 Å². The van der Waals surface area contributed by atoms with Crippen LogP contribution in [0.3, 0.4) is 0 Å². The van der Waals surface area contributed by atoms with Crippen molar-refractivity contribution in [2.24, 2.45) is 5.92 Å². The number of nitrogens with zero attached hydrogens (tertiary/aromatic N) is 1. The van der Waals surface area contributed by atoms with Crippen LogP contribution in [0.1, 0.15) is 37.7 Å². The zero-order valence-corrected chi connectivity index (χ0v) is 12.6. The molecule has 2 atom stereocenters. The van der Waals surface area contributed by atoms with Crippen LogP contribution in [0.5, 0.6) is 0 Å². The average Bonchev–Trinajstić information content (AvgIpc) is 2.48. The first-order valence-electron chi connectivity index (χ1n) is 7.92. The number of hydrogen-bond acceptors (Lipinski definition) is 2. The molecule has 1 saturated carbocycles. The molecule has 114 valence electrons. The van der Waals surface area contributed by atoms with Crippen molar-refractivity contribution in [2.45, 2.75) is 44.6 Å². The lowest BCUT2D eigenvalue weighted by Gasteiger charge is -2.47. The minimum Gasteiger partial charge on any atom is -0.389 e. The van der Waals surface area contributed by atoms with Crippen LogP contribution in [0.25, 0.3) is 0 Å². The molecular weight excluding hydrogens is 264 g/mol. The largest absolute Gasteiger partial charge is 0.389 e. The van der Waals surface area contributed by atoms with Crippen LogP contribution >= 0.6 is 0 Å². The van der Waals surface area contributed by atoms with Crippen molar-refractivity contribution in [3.63, 3.8) is 0 Å². The maximum atomic E-state index is 12.4. The molecule has 1 aliphatic carbocycles. The standard InChI is InChI=1S/C17H24N2O2/c1-13-5-7-15(8-6-13)18-16(20)19-11-10-17(21)9-3-2-4-14(17)12-19/h5-8,14,21H,2-4,9-12H2,1H3,(H,18,20). The van der Waals surface area contributed by atoms with E-state index < -0.39 is 5.60 Å². The highest BCUT2D eigenvalue weighted by Crippen LogP contribution is 2.39. The number of carbonyl (C=O) groups excluding carboxylic acids is 1. The summed E-state index contributed by atoms with van der Waals surface area (Å²) in [5.41, 5.74) is 1.48. The van der Waals surface area contributed by atoms with E-state index in [0.717, 1.165) is 24.9 Å². The topological polar surface area (TPSA) is 52.6 Å². The lowest BCUT2D eigenvalue weighted by molar-refractivity contribution is -0.0863. The molecule has 1 heterocycles. The lowest BCUT2D eigenvalue weighted by Crippen LogP contribution is -2.55. The third-order valence-corrected chi connectivity index (χ3v) is 5.02. The van der Waals surface area contributed by atoms with Gasteiger partial charge in [0.1, 0.15) is 0 Å². The summed E-state index contributed by atoms with van der Waals surface area (Å²) < 4.78 is 0. The van der Waals surface area contributed by atoms with Crippen molar-refractivity contribution in [2.75, 3.05) is 18.4 Å². The number of carbonyl (C=O) groups is 1. The van der Waals surface area contributed by atoms with Gasteiger partial charge in [-0.15, -0.1) is 0 Å². The Kier molecular flexibility index (Phi) is 3.89. The summed E-state index contributed by atoms with van der Waals surface area (Å²) in [5, 5.41) is 13.6. The van der Waals surface area contributed by atoms with E-state index in [-0.39, 0.29) is 11.9 Å². The second-order valence-corrected chi connectivity index (χ2v) is 6.54. The molecule has 1 aromatic carbocycles. The molecule has 0 bridgehead atoms. The third-order valence-electron chi connectivity index (χ3n) is 5.02. The van der Waals surface area contributed by atoms with Gasteiger partial charge in [0.25, 0.3) is 0 Å². The maximum Gasteiger partial charge on any atom is 0.321 e. The van der Waals surface area contributed by atoms with Crippen LogP contribution in [0.2, 0.25) is 0 Å². The van der Waals surface area contributed by atoms with Gasteiger partial charge in [0, 0.05) is 24.7 Å². The van der Waals surface area contributed by atoms with Gasteiger partial charge in [0.05, 0.1) is 5.60 Å². The van der Waals surface area contributed by atoms with Crippen molar-refractivity contribution < 1.29 is 9.90 Å². The fourth-order valence-corrected chi connectivity index (χ4v) is 3.59. The Balaban J connectivity index is 1.62. The zero-order chi connectivity index (χ0) is 14.9. The summed E-state index contributed by atoms with van der Waals surface area (Å²) in [6, 6.07) is 7.78. The van der Waals surface area contributed by atoms with Crippen molar-refractivity contribution in [1.82, 2.24) is 4.90 Å². The molecule has 21 heavy (non-hydrogen) atoms. The van der Waals surface area contributed by atoms with Gasteiger partial charge in [0.2, 0.25) is 0 Å². The highest BCUT2D eigenvalue weighted by atomic mass is 16.3. The van der Waals surface area contributed by atoms with Crippen LogP contribution in [-0.2, 0) is 0 Å². The normalized spacial score (nSPS) is 28.9. The number of benzene rings is 1. The van der Waals surface area contributed by atoms with Gasteiger partial charge in [-0.2, -0.15) is 0 Å². The molecule has 2 fully saturated rings. The fraction of sp³-hybridized carbons (Fsp3) is 0.588. The van der Waals surface area contributed by atoms with E-state index >= 15 is 0 Å². The number of anilines is 1. The Morgan fingerprint density at radius 2 is 2.05 bits per heavy atom. The van der Waals surface area contributed by atoms with Gasteiger partial charge in [-0.05, 0) is 38.3 Å². The number of likely N-dealkylation sites (tertiary alicyclic amines) is 1. The number of aliphatic hydroxyl groups is 1. The monoisotopic (exact) mass is 288 g/mol. The first-order valence-corrected chi connectivity index (χ1v) is 7.92. The number of nitrogens with one attached hydrogen (secondary N) is 1. The van der Waals surface area contributed by atoms with Gasteiger partial charge in [-0.25, -0.2) is 4.79 Å². The van der Waals surface area contributed by atoms with Crippen LogP contribution < -0.4 is 5.32 Å². The van der Waals surface area contributed by atoms with Crippen molar-refractivity contribution >= 4 is 11.7 Å². The summed E-state index contributed by atoms with van der Waals surface area (Å²) in [4.78, 5) is 14.2. The molecule has 1 saturated heterocycles. The van der Waals surface area contributed by atoms with Crippen LogP contribution in [0, 0.1) is 12.8 Å². The summed E-state index contributed by atoms with van der Waals surface area (Å²) in [7, 11) is 0. The van der Waals surface area contributed by atoms with E-state index in [9.17, 15) is 9.90 Å². The van der Waals surface area contributed by atoms with E-state index in [1.807, 2.05) is 36.1 Å². The van der Waals surface area contributed by atoms with Gasteiger partial charge >= 0.3 is 6.03 Å². The number of fused-ring (bicyclic) bond motifs is 1. The second kappa shape index (κ2) is 5.68. The number of rotatable bonds is 1. The first kappa shape index (κ1) is 14.4. The lowest BCUT2D eigenvalue weighted by atomic mass is 9.71. The summed E-state index contributed by atoms with van der Waals surface area (Å²) in [6.07, 6.45) is 4.91. The molecule has 0 spiro atoms. The molecule has 2 N–H and O–H groups in total. The molecule has 3 rings (SSSR count). The smallest absolute Gasteiger partial charge is 0.321 e. The SMILES string of the molecule is Cc1ccc(NC(=O)N2CCC3(O)CCCCC3C2)cc1. The van der Waals surface area contributed by atoms with Crippen LogP contribution in [0.4, 0.5) is 10.5 Å². The average molecular weight is 288 g/mol. The maximum absolute atomic E-state index is 12.4. The second-order valence-electron chi connectivity index (χ2n) is 6.54.